The van der Waals surface area contributed by atoms with Gasteiger partial charge in [-0.15, -0.1) is 0 Å². The number of fused-ring (bicyclic) bond motifs is 1. The molecule has 1 amide bonds. The maximum atomic E-state index is 13.5. The molecule has 6 nitrogen and oxygen atoms in total. The van der Waals surface area contributed by atoms with Crippen molar-refractivity contribution in [2.75, 3.05) is 12.4 Å². The Morgan fingerprint density at radius 2 is 1.75 bits per heavy atom. The van der Waals surface area contributed by atoms with E-state index in [0.29, 0.717) is 17.4 Å². The monoisotopic (exact) mass is 431 g/mol. The van der Waals surface area contributed by atoms with Crippen molar-refractivity contribution in [3.05, 3.63) is 66.7 Å². The van der Waals surface area contributed by atoms with E-state index >= 15 is 0 Å². The minimum atomic E-state index is -0.293. The van der Waals surface area contributed by atoms with Crippen LogP contribution in [-0.4, -0.2) is 33.9 Å². The standard InChI is InChI=1S/C25H26FN5O/c1-15(2)14-20(27-3)25(32)30-21-9-8-19-22(16-10-12-28-13-11-16)23(31-24(19)29-21)17-4-6-18(26)7-5-17/h4-13,15,20,27H,14H2,1-3H3,(H2,29,30,31,32). The van der Waals surface area contributed by atoms with Crippen LogP contribution in [0.3, 0.4) is 0 Å². The number of benzene rings is 1. The van der Waals surface area contributed by atoms with Crippen molar-refractivity contribution in [1.82, 2.24) is 20.3 Å². The van der Waals surface area contributed by atoms with Crippen LogP contribution in [0.25, 0.3) is 33.4 Å². The fourth-order valence-corrected chi connectivity index (χ4v) is 3.83. The van der Waals surface area contributed by atoms with Crippen LogP contribution in [0.4, 0.5) is 10.2 Å². The molecule has 0 aliphatic carbocycles. The molecule has 164 valence electrons. The van der Waals surface area contributed by atoms with Crippen molar-refractivity contribution in [3.8, 4) is 22.4 Å². The molecule has 0 bridgehead atoms. The van der Waals surface area contributed by atoms with Gasteiger partial charge in [-0.3, -0.25) is 9.78 Å². The molecule has 0 radical (unpaired) electrons. The first-order valence-corrected chi connectivity index (χ1v) is 10.6. The van der Waals surface area contributed by atoms with Gasteiger partial charge in [0.15, 0.2) is 0 Å². The summed E-state index contributed by atoms with van der Waals surface area (Å²) in [5.74, 6) is 0.449. The molecule has 3 aromatic heterocycles. The van der Waals surface area contributed by atoms with Crippen molar-refractivity contribution < 1.29 is 9.18 Å². The molecule has 1 unspecified atom stereocenters. The fraction of sp³-hybridized carbons (Fsp3) is 0.240. The molecular weight excluding hydrogens is 405 g/mol. The summed E-state index contributed by atoms with van der Waals surface area (Å²) in [7, 11) is 1.78. The lowest BCUT2D eigenvalue weighted by molar-refractivity contribution is -0.118. The van der Waals surface area contributed by atoms with Crippen LogP contribution >= 0.6 is 0 Å². The highest BCUT2D eigenvalue weighted by Gasteiger charge is 2.20. The van der Waals surface area contributed by atoms with Gasteiger partial charge in [-0.05, 0) is 79.0 Å². The Balaban J connectivity index is 1.76. The van der Waals surface area contributed by atoms with Gasteiger partial charge in [-0.25, -0.2) is 9.37 Å². The lowest BCUT2D eigenvalue weighted by Gasteiger charge is -2.17. The molecule has 0 saturated carbocycles. The summed E-state index contributed by atoms with van der Waals surface area (Å²) in [6, 6.07) is 13.6. The minimum Gasteiger partial charge on any atom is -0.339 e. The first-order valence-electron chi connectivity index (χ1n) is 10.6. The number of aromatic amines is 1. The highest BCUT2D eigenvalue weighted by Crippen LogP contribution is 2.38. The van der Waals surface area contributed by atoms with E-state index in [0.717, 1.165) is 34.2 Å². The topological polar surface area (TPSA) is 82.7 Å². The Morgan fingerprint density at radius 1 is 1.03 bits per heavy atom. The number of anilines is 1. The van der Waals surface area contributed by atoms with Gasteiger partial charge in [-0.2, -0.15) is 0 Å². The highest BCUT2D eigenvalue weighted by atomic mass is 19.1. The first-order chi connectivity index (χ1) is 15.5. The Hall–Kier alpha value is -3.58. The van der Waals surface area contributed by atoms with E-state index in [1.807, 2.05) is 18.2 Å². The second kappa shape index (κ2) is 9.28. The van der Waals surface area contributed by atoms with Crippen molar-refractivity contribution in [3.63, 3.8) is 0 Å². The van der Waals surface area contributed by atoms with Crippen LogP contribution in [0.15, 0.2) is 60.9 Å². The van der Waals surface area contributed by atoms with E-state index < -0.39 is 0 Å². The summed E-state index contributed by atoms with van der Waals surface area (Å²) in [4.78, 5) is 24.8. The zero-order valence-electron chi connectivity index (χ0n) is 18.3. The van der Waals surface area contributed by atoms with Gasteiger partial charge in [0, 0.05) is 23.3 Å². The van der Waals surface area contributed by atoms with Gasteiger partial charge < -0.3 is 15.6 Å². The van der Waals surface area contributed by atoms with Crippen LogP contribution in [0.1, 0.15) is 20.3 Å². The molecular formula is C25H26FN5O. The first kappa shape index (κ1) is 21.6. The van der Waals surface area contributed by atoms with E-state index in [1.54, 1.807) is 37.6 Å². The second-order valence-electron chi connectivity index (χ2n) is 8.17. The van der Waals surface area contributed by atoms with Crippen LogP contribution in [-0.2, 0) is 4.79 Å². The molecule has 0 aliphatic rings. The number of nitrogens with zero attached hydrogens (tertiary/aromatic N) is 2. The van der Waals surface area contributed by atoms with Crippen LogP contribution in [0, 0.1) is 11.7 Å². The molecule has 0 fully saturated rings. The number of pyridine rings is 2. The van der Waals surface area contributed by atoms with Gasteiger partial charge in [0.25, 0.3) is 0 Å². The maximum Gasteiger partial charge on any atom is 0.242 e. The van der Waals surface area contributed by atoms with Crippen LogP contribution in [0.5, 0.6) is 0 Å². The maximum absolute atomic E-state index is 13.5. The van der Waals surface area contributed by atoms with Gasteiger partial charge in [-0.1, -0.05) is 13.8 Å². The van der Waals surface area contributed by atoms with E-state index in [2.05, 4.69) is 39.4 Å². The number of likely N-dealkylation sites (N-methyl/N-ethyl adjacent to an activating group) is 1. The molecule has 1 atom stereocenters. The lowest BCUT2D eigenvalue weighted by Crippen LogP contribution is -2.39. The molecule has 3 N–H and O–H groups in total. The summed E-state index contributed by atoms with van der Waals surface area (Å²) in [6.45, 7) is 4.16. The summed E-state index contributed by atoms with van der Waals surface area (Å²) in [5.41, 5.74) is 4.23. The predicted molar refractivity (Wildman–Crippen MR) is 126 cm³/mol. The number of hydrogen-bond donors (Lipinski definition) is 3. The van der Waals surface area contributed by atoms with E-state index in [1.165, 1.54) is 12.1 Å². The Labute approximate surface area is 186 Å². The molecule has 0 aliphatic heterocycles. The Kier molecular flexibility index (Phi) is 6.28. The number of hydrogen-bond acceptors (Lipinski definition) is 4. The van der Waals surface area contributed by atoms with E-state index in [-0.39, 0.29) is 17.8 Å². The van der Waals surface area contributed by atoms with Crippen molar-refractivity contribution in [2.45, 2.75) is 26.3 Å². The molecule has 0 saturated heterocycles. The summed E-state index contributed by atoms with van der Waals surface area (Å²) >= 11 is 0. The van der Waals surface area contributed by atoms with Gasteiger partial charge >= 0.3 is 0 Å². The number of carbonyl (C=O) groups excluding carboxylic acids is 1. The molecule has 1 aromatic carbocycles. The van der Waals surface area contributed by atoms with Crippen molar-refractivity contribution in [2.24, 2.45) is 5.92 Å². The van der Waals surface area contributed by atoms with Gasteiger partial charge in [0.05, 0.1) is 11.7 Å². The number of aromatic nitrogens is 3. The smallest absolute Gasteiger partial charge is 0.242 e. The summed E-state index contributed by atoms with van der Waals surface area (Å²) in [5, 5.41) is 6.88. The summed E-state index contributed by atoms with van der Waals surface area (Å²) in [6.07, 6.45) is 4.20. The highest BCUT2D eigenvalue weighted by molar-refractivity contribution is 6.03. The largest absolute Gasteiger partial charge is 0.339 e. The molecule has 3 heterocycles. The average molecular weight is 432 g/mol. The predicted octanol–water partition coefficient (Wildman–Crippen LogP) is 5.00. The number of rotatable bonds is 7. The normalized spacial score (nSPS) is 12.3. The zero-order chi connectivity index (χ0) is 22.7. The third kappa shape index (κ3) is 4.53. The van der Waals surface area contributed by atoms with Crippen molar-refractivity contribution in [1.29, 1.82) is 0 Å². The van der Waals surface area contributed by atoms with E-state index in [4.69, 9.17) is 0 Å². The third-order valence-corrected chi connectivity index (χ3v) is 5.38. The Morgan fingerprint density at radius 3 is 2.41 bits per heavy atom. The SMILES string of the molecule is CNC(CC(C)C)C(=O)Nc1ccc2c(-c3ccncc3)c(-c3ccc(F)cc3)[nH]c2n1. The number of carbonyl (C=O) groups is 1. The average Bonchev–Trinajstić information content (AvgIpc) is 3.17. The molecule has 4 aromatic rings. The number of amides is 1. The Bertz CT molecular complexity index is 1220. The number of nitrogens with one attached hydrogen (secondary N) is 3. The molecule has 32 heavy (non-hydrogen) atoms. The quantitative estimate of drug-likeness (QED) is 0.384. The fourth-order valence-electron chi connectivity index (χ4n) is 3.83. The lowest BCUT2D eigenvalue weighted by atomic mass is 10.00. The third-order valence-electron chi connectivity index (χ3n) is 5.38. The summed E-state index contributed by atoms with van der Waals surface area (Å²) < 4.78 is 13.5. The van der Waals surface area contributed by atoms with Crippen LogP contribution < -0.4 is 10.6 Å². The molecule has 7 heteroatoms. The number of H-pyrrole nitrogens is 1. The molecule has 4 rings (SSSR count). The molecule has 0 spiro atoms. The number of halogens is 1. The van der Waals surface area contributed by atoms with Crippen LogP contribution in [0.2, 0.25) is 0 Å². The zero-order valence-corrected chi connectivity index (χ0v) is 18.3. The minimum absolute atomic E-state index is 0.118. The second-order valence-corrected chi connectivity index (χ2v) is 8.17. The van der Waals surface area contributed by atoms with Crippen molar-refractivity contribution >= 4 is 22.8 Å². The van der Waals surface area contributed by atoms with E-state index in [9.17, 15) is 9.18 Å². The van der Waals surface area contributed by atoms with Gasteiger partial charge in [0.2, 0.25) is 5.91 Å². The van der Waals surface area contributed by atoms with Gasteiger partial charge in [0.1, 0.15) is 17.3 Å².